The standard InChI is InChI=1S/C7H12N2O2S/c1-12(4-2-8-6-10)5-3-9-7-11/h12H,2-5H2,1H3. The third-order valence-corrected chi connectivity index (χ3v) is 3.24. The number of isocyanates is 2. The maximum atomic E-state index is 9.69. The molecule has 4 nitrogen and oxygen atoms in total. The number of nitrogens with zero attached hydrogens (tertiary/aromatic N) is 2. The van der Waals surface area contributed by atoms with Crippen LogP contribution in [0.2, 0.25) is 0 Å². The molecule has 0 fully saturated rings. The van der Waals surface area contributed by atoms with Crippen molar-refractivity contribution in [3.05, 3.63) is 0 Å². The van der Waals surface area contributed by atoms with Gasteiger partial charge in [-0.25, -0.2) is 19.6 Å². The molecule has 0 rings (SSSR count). The zero-order chi connectivity index (χ0) is 9.23. The zero-order valence-corrected chi connectivity index (χ0v) is 7.88. The number of carbonyl (C=O) groups excluding carboxylic acids is 2. The molecule has 5 heteroatoms. The normalized spacial score (nSPS) is 12.6. The van der Waals surface area contributed by atoms with Crippen LogP contribution in [-0.4, -0.2) is 43.0 Å². The van der Waals surface area contributed by atoms with Gasteiger partial charge in [0.2, 0.25) is 12.2 Å². The van der Waals surface area contributed by atoms with Crippen molar-refractivity contribution in [2.45, 2.75) is 0 Å². The maximum absolute atomic E-state index is 9.69. The average Bonchev–Trinajstić information content (AvgIpc) is 2.06. The summed E-state index contributed by atoms with van der Waals surface area (Å²) >= 11 is 0. The topological polar surface area (TPSA) is 58.9 Å². The van der Waals surface area contributed by atoms with Crippen LogP contribution in [-0.2, 0) is 9.59 Å². The van der Waals surface area contributed by atoms with Crippen LogP contribution in [0.25, 0.3) is 0 Å². The van der Waals surface area contributed by atoms with Crippen LogP contribution in [0.15, 0.2) is 9.98 Å². The Kier molecular flexibility index (Phi) is 7.60. The number of thiol groups is 1. The van der Waals surface area contributed by atoms with Gasteiger partial charge in [0, 0.05) is 0 Å². The van der Waals surface area contributed by atoms with Gasteiger partial charge >= 0.3 is 0 Å². The molecular weight excluding hydrogens is 176 g/mol. The molecule has 0 N–H and O–H groups in total. The lowest BCUT2D eigenvalue weighted by Crippen LogP contribution is -1.98. The summed E-state index contributed by atoms with van der Waals surface area (Å²) in [5, 5.41) is 0. The predicted molar refractivity (Wildman–Crippen MR) is 50.6 cm³/mol. The van der Waals surface area contributed by atoms with E-state index in [-0.39, 0.29) is 10.9 Å². The van der Waals surface area contributed by atoms with Gasteiger partial charge in [-0.15, -0.1) is 0 Å². The number of aliphatic imine (C=N–C) groups is 2. The lowest BCUT2D eigenvalue weighted by molar-refractivity contribution is 0.563. The molecule has 0 amide bonds. The Bertz CT molecular complexity index is 185. The highest BCUT2D eigenvalue weighted by atomic mass is 32.2. The zero-order valence-electron chi connectivity index (χ0n) is 6.99. The van der Waals surface area contributed by atoms with E-state index >= 15 is 0 Å². The first-order chi connectivity index (χ1) is 5.81. The van der Waals surface area contributed by atoms with Gasteiger partial charge in [-0.05, 0) is 17.8 Å². The van der Waals surface area contributed by atoms with Gasteiger partial charge in [0.1, 0.15) is 0 Å². The molecule has 68 valence electrons. The first kappa shape index (κ1) is 11.1. The van der Waals surface area contributed by atoms with Gasteiger partial charge in [-0.2, -0.15) is 0 Å². The summed E-state index contributed by atoms with van der Waals surface area (Å²) in [5.41, 5.74) is 0. The van der Waals surface area contributed by atoms with Crippen molar-refractivity contribution in [2.75, 3.05) is 30.9 Å². The van der Waals surface area contributed by atoms with Crippen molar-refractivity contribution in [2.24, 2.45) is 9.98 Å². The van der Waals surface area contributed by atoms with E-state index in [4.69, 9.17) is 0 Å². The molecule has 0 bridgehead atoms. The average molecular weight is 188 g/mol. The van der Waals surface area contributed by atoms with E-state index in [1.807, 2.05) is 0 Å². The first-order valence-electron chi connectivity index (χ1n) is 3.57. The molecule has 12 heavy (non-hydrogen) atoms. The van der Waals surface area contributed by atoms with Crippen molar-refractivity contribution in [1.29, 1.82) is 0 Å². The van der Waals surface area contributed by atoms with Crippen LogP contribution >= 0.6 is 10.9 Å². The third-order valence-electron chi connectivity index (χ3n) is 1.32. The highest BCUT2D eigenvalue weighted by molar-refractivity contribution is 8.16. The third kappa shape index (κ3) is 7.22. The summed E-state index contributed by atoms with van der Waals surface area (Å²) in [6.45, 7) is 1.08. The monoisotopic (exact) mass is 188 g/mol. The molecule has 0 aromatic rings. The van der Waals surface area contributed by atoms with Crippen LogP contribution in [0, 0.1) is 0 Å². The van der Waals surface area contributed by atoms with Crippen LogP contribution in [0.5, 0.6) is 0 Å². The minimum Gasteiger partial charge on any atom is -0.253 e. The quantitative estimate of drug-likeness (QED) is 0.370. The summed E-state index contributed by atoms with van der Waals surface area (Å²) < 4.78 is 0. The first-order valence-corrected chi connectivity index (χ1v) is 5.73. The predicted octanol–water partition coefficient (Wildman–Crippen LogP) is 0.289. The van der Waals surface area contributed by atoms with Crippen molar-refractivity contribution in [3.8, 4) is 0 Å². The second-order valence-electron chi connectivity index (χ2n) is 2.25. The summed E-state index contributed by atoms with van der Waals surface area (Å²) in [7, 11) is -0.149. The molecule has 0 aliphatic heterocycles. The largest absolute Gasteiger partial charge is 0.253 e. The second-order valence-corrected chi connectivity index (χ2v) is 4.86. The molecule has 0 aromatic heterocycles. The molecule has 0 heterocycles. The SMILES string of the molecule is C[SH](CCN=C=O)CCN=C=O. The van der Waals surface area contributed by atoms with E-state index in [0.717, 1.165) is 11.5 Å². The smallest absolute Gasteiger partial charge is 0.234 e. The Balaban J connectivity index is 3.38. The minimum absolute atomic E-state index is 0.149. The maximum Gasteiger partial charge on any atom is 0.234 e. The van der Waals surface area contributed by atoms with Crippen molar-refractivity contribution < 1.29 is 9.59 Å². The second kappa shape index (κ2) is 8.21. The summed E-state index contributed by atoms with van der Waals surface area (Å²) in [5.74, 6) is 1.80. The summed E-state index contributed by atoms with van der Waals surface area (Å²) in [6, 6.07) is 0. The van der Waals surface area contributed by atoms with E-state index in [9.17, 15) is 9.59 Å². The van der Waals surface area contributed by atoms with Crippen molar-refractivity contribution in [3.63, 3.8) is 0 Å². The van der Waals surface area contributed by atoms with E-state index in [1.54, 1.807) is 0 Å². The summed E-state index contributed by atoms with van der Waals surface area (Å²) in [6.07, 6.45) is 5.07. The molecule has 0 saturated heterocycles. The lowest BCUT2D eigenvalue weighted by atomic mass is 10.8. The van der Waals surface area contributed by atoms with Crippen LogP contribution in [0.4, 0.5) is 0 Å². The van der Waals surface area contributed by atoms with Crippen LogP contribution < -0.4 is 0 Å². The van der Waals surface area contributed by atoms with Gasteiger partial charge in [0.25, 0.3) is 0 Å². The molecule has 0 aliphatic rings. The van der Waals surface area contributed by atoms with E-state index in [0.29, 0.717) is 13.1 Å². The van der Waals surface area contributed by atoms with Crippen molar-refractivity contribution in [1.82, 2.24) is 0 Å². The van der Waals surface area contributed by atoms with E-state index in [2.05, 4.69) is 16.2 Å². The highest BCUT2D eigenvalue weighted by Crippen LogP contribution is 2.17. The van der Waals surface area contributed by atoms with Gasteiger partial charge in [0.15, 0.2) is 0 Å². The number of hydrogen-bond acceptors (Lipinski definition) is 4. The fraction of sp³-hybridized carbons (Fsp3) is 0.714. The van der Waals surface area contributed by atoms with Crippen LogP contribution in [0.1, 0.15) is 0 Å². The molecule has 0 aliphatic carbocycles. The highest BCUT2D eigenvalue weighted by Gasteiger charge is 1.94. The number of hydrogen-bond donors (Lipinski definition) is 1. The fourth-order valence-electron chi connectivity index (χ4n) is 0.645. The minimum atomic E-state index is -0.149. The molecule has 0 saturated carbocycles. The Labute approximate surface area is 74.1 Å². The Morgan fingerprint density at radius 3 is 1.83 bits per heavy atom. The van der Waals surface area contributed by atoms with Crippen LogP contribution in [0.3, 0.4) is 0 Å². The van der Waals surface area contributed by atoms with Gasteiger partial charge in [-0.3, -0.25) is 10.9 Å². The summed E-state index contributed by atoms with van der Waals surface area (Å²) in [4.78, 5) is 26.3. The number of rotatable bonds is 6. The lowest BCUT2D eigenvalue weighted by Gasteiger charge is -2.10. The Hall–Kier alpha value is -0.890. The molecule has 0 spiro atoms. The fourth-order valence-corrected chi connectivity index (χ4v) is 1.75. The molecule has 0 radical (unpaired) electrons. The van der Waals surface area contributed by atoms with E-state index in [1.165, 1.54) is 12.2 Å². The molecule has 0 aromatic carbocycles. The van der Waals surface area contributed by atoms with E-state index < -0.39 is 0 Å². The van der Waals surface area contributed by atoms with Crippen molar-refractivity contribution >= 4 is 23.1 Å². The van der Waals surface area contributed by atoms with Gasteiger partial charge in [0.05, 0.1) is 13.1 Å². The molecule has 0 atom stereocenters. The van der Waals surface area contributed by atoms with Gasteiger partial charge < -0.3 is 0 Å². The Morgan fingerprint density at radius 2 is 1.50 bits per heavy atom. The Morgan fingerprint density at radius 1 is 1.08 bits per heavy atom. The molecule has 0 unspecified atom stereocenters. The molecular formula is C7H12N2O2S. The van der Waals surface area contributed by atoms with Gasteiger partial charge in [-0.1, -0.05) is 0 Å².